The number of carbonyl (C=O) groups is 6. The third-order valence-electron chi connectivity index (χ3n) is 20.9. The molecule has 3 atom stereocenters. The van der Waals surface area contributed by atoms with Crippen molar-refractivity contribution in [2.45, 2.75) is 216 Å². The molecular weight excluding hydrogens is 1660 g/mol. The van der Waals surface area contributed by atoms with Gasteiger partial charge >= 0.3 is 36.2 Å². The van der Waals surface area contributed by atoms with Crippen LogP contribution < -0.4 is 0 Å². The van der Waals surface area contributed by atoms with Crippen LogP contribution >= 0.6 is 0 Å². The maximum absolute atomic E-state index is 13.7. The minimum atomic E-state index is -1.26. The first-order valence-corrected chi connectivity index (χ1v) is 40.7. The van der Waals surface area contributed by atoms with E-state index in [4.69, 9.17) is 0 Å². The lowest BCUT2D eigenvalue weighted by molar-refractivity contribution is 0.118. The van der Waals surface area contributed by atoms with Crippen molar-refractivity contribution in [1.82, 2.24) is 58.8 Å². The summed E-state index contributed by atoms with van der Waals surface area (Å²) in [5, 5.41) is 0. The minimum absolute atomic E-state index is 0.0226. The Hall–Kier alpha value is -10.3. The van der Waals surface area contributed by atoms with Crippen molar-refractivity contribution < 1.29 is 108 Å². The van der Waals surface area contributed by atoms with Gasteiger partial charge < -0.3 is 58.8 Å². The Labute approximate surface area is 715 Å². The molecule has 3 aliphatic heterocycles. The summed E-state index contributed by atoms with van der Waals surface area (Å²) >= 11 is 0. The standard InChI is InChI=1S/C16H21F3N2O.2C15H19F3N2O.C15H21F3N2O.C14H19F3N2O.C13H17F3N2O/c1-3-13-6-4-5-7-21(13)16(22)20(2)10-11-8-12(17)9-14(18)15(11)19;1-10-4-3-5-20(8-10)15(21)19(2)9-11-6-12(16)7-13(17)14(11)18;1-10-5-3-4-6-20(10)15(21)19(2)9-11-7-12(16)8-13(17)14(11)18;1-9(2)20(10(3)4)15(21)19(5)8-11-6-12(16)7-13(17)14(11)18;1-5-19(14(20)18(4)9(2)3)8-10-6-11(15)7-12(16)13(10)17;1-8(2)18(4)13(19)17(3)7-9-5-10(14)6-11(15)12(9)16/h8-9,13H,3-7,10H2,1-2H3;6-7,10H,3-5,8-9H2,1-2H3;7-8,10H,3-6,9H2,1-2H3;6-7,9-10H,8H2,1-5H3;6-7,9H,5,8H2,1-4H3;5-6,8H,7H2,1-4H3. The maximum Gasteiger partial charge on any atom is 0.320 e. The van der Waals surface area contributed by atoms with E-state index in [0.717, 1.165) is 94.2 Å². The van der Waals surface area contributed by atoms with Crippen LogP contribution in [0.1, 0.15) is 174 Å². The largest absolute Gasteiger partial charge is 0.325 e. The summed E-state index contributed by atoms with van der Waals surface area (Å²) in [7, 11) is 10.7. The summed E-state index contributed by atoms with van der Waals surface area (Å²) in [6.45, 7) is 24.5. The molecule has 9 rings (SSSR count). The van der Waals surface area contributed by atoms with Crippen molar-refractivity contribution in [3.63, 3.8) is 0 Å². The molecule has 0 spiro atoms. The van der Waals surface area contributed by atoms with E-state index < -0.39 is 105 Å². The highest BCUT2D eigenvalue weighted by atomic mass is 19.2. The molecule has 0 aromatic heterocycles. The number of piperidine rings is 3. The van der Waals surface area contributed by atoms with Crippen LogP contribution in [0.4, 0.5) is 108 Å². The number of rotatable bonds is 18. The van der Waals surface area contributed by atoms with E-state index in [2.05, 4.69) is 6.92 Å². The highest BCUT2D eigenvalue weighted by Crippen LogP contribution is 2.28. The lowest BCUT2D eigenvalue weighted by Gasteiger charge is -2.37. The van der Waals surface area contributed by atoms with Crippen LogP contribution in [-0.2, 0) is 39.3 Å². The van der Waals surface area contributed by atoms with E-state index in [-0.39, 0.29) is 145 Å². The molecule has 6 aromatic rings. The molecule has 3 aliphatic rings. The average Bonchev–Trinajstić information content (AvgIpc) is 0.849. The number of urea groups is 6. The Morgan fingerprint density at radius 2 is 0.637 bits per heavy atom. The molecule has 36 heteroatoms. The van der Waals surface area contributed by atoms with Crippen LogP contribution in [-0.4, -0.2) is 213 Å². The number of halogens is 18. The van der Waals surface area contributed by atoms with Crippen molar-refractivity contribution in [3.8, 4) is 0 Å². The van der Waals surface area contributed by atoms with Gasteiger partial charge in [-0.1, -0.05) is 13.8 Å². The van der Waals surface area contributed by atoms with Gasteiger partial charge in [0.15, 0.2) is 69.8 Å². The van der Waals surface area contributed by atoms with E-state index >= 15 is 0 Å². The highest BCUT2D eigenvalue weighted by molar-refractivity contribution is 5.77. The molecule has 0 radical (unpaired) electrons. The van der Waals surface area contributed by atoms with Gasteiger partial charge in [0.1, 0.15) is 34.9 Å². The number of nitrogens with zero attached hydrogens (tertiary/aromatic N) is 12. The van der Waals surface area contributed by atoms with Gasteiger partial charge in [0.25, 0.3) is 0 Å². The van der Waals surface area contributed by atoms with Crippen LogP contribution in [0, 0.1) is 111 Å². The topological polar surface area (TPSA) is 141 Å². The Balaban J connectivity index is 0.000000312. The van der Waals surface area contributed by atoms with Crippen LogP contribution in [0.2, 0.25) is 0 Å². The van der Waals surface area contributed by atoms with Gasteiger partial charge in [-0.3, -0.25) is 0 Å². The Morgan fingerprint density at radius 3 is 0.952 bits per heavy atom. The smallest absolute Gasteiger partial charge is 0.320 e. The number of amides is 12. The number of hydrogen-bond acceptors (Lipinski definition) is 6. The third kappa shape index (κ3) is 31.1. The van der Waals surface area contributed by atoms with E-state index in [0.29, 0.717) is 75.0 Å². The molecule has 18 nitrogen and oxygen atoms in total. The first-order valence-electron chi connectivity index (χ1n) is 40.7. The number of likely N-dealkylation sites (tertiary alicyclic amines) is 3. The summed E-state index contributed by atoms with van der Waals surface area (Å²) in [4.78, 5) is 90.9. The van der Waals surface area contributed by atoms with Crippen molar-refractivity contribution >= 4 is 36.2 Å². The second kappa shape index (κ2) is 49.4. The van der Waals surface area contributed by atoms with Gasteiger partial charge in [-0.05, 0) is 169 Å². The number of carbonyl (C=O) groups excluding carboxylic acids is 6. The zero-order valence-electron chi connectivity index (χ0n) is 73.7. The van der Waals surface area contributed by atoms with Gasteiger partial charge in [0.05, 0.1) is 39.3 Å². The maximum atomic E-state index is 13.7. The Kier molecular flexibility index (Phi) is 42.2. The molecule has 3 fully saturated rings. The summed E-state index contributed by atoms with van der Waals surface area (Å²) in [5.74, 6) is -18.9. The van der Waals surface area contributed by atoms with E-state index in [9.17, 15) is 108 Å². The molecule has 3 saturated heterocycles. The summed E-state index contributed by atoms with van der Waals surface area (Å²) in [5.41, 5.74) is -1.02. The predicted octanol–water partition coefficient (Wildman–Crippen LogP) is 21.0. The second-order valence-corrected chi connectivity index (χ2v) is 32.1. The molecule has 0 N–H and O–H groups in total. The molecule has 0 bridgehead atoms. The molecule has 6 aromatic carbocycles. The number of hydrogen-bond donors (Lipinski definition) is 0. The summed E-state index contributed by atoms with van der Waals surface area (Å²) in [6.07, 6.45) is 8.82. The van der Waals surface area contributed by atoms with Crippen molar-refractivity contribution in [1.29, 1.82) is 0 Å². The van der Waals surface area contributed by atoms with Crippen LogP contribution in [0.3, 0.4) is 0 Å². The summed E-state index contributed by atoms with van der Waals surface area (Å²) in [6, 6.07) is 6.88. The quantitative estimate of drug-likeness (QED) is 0.0620. The molecule has 3 unspecified atom stereocenters. The second-order valence-electron chi connectivity index (χ2n) is 32.1. The average molecular weight is 1780 g/mol. The fraction of sp³-hybridized carbons (Fsp3) is 0.523. The zero-order valence-corrected chi connectivity index (χ0v) is 73.7. The first-order chi connectivity index (χ1) is 57.9. The summed E-state index contributed by atoms with van der Waals surface area (Å²) < 4.78 is 239. The molecule has 0 aliphatic carbocycles. The van der Waals surface area contributed by atoms with E-state index in [1.54, 1.807) is 40.6 Å². The van der Waals surface area contributed by atoms with Crippen molar-refractivity contribution in [2.75, 3.05) is 82.1 Å². The molecule has 3 heterocycles. The molecule has 124 heavy (non-hydrogen) atoms. The van der Waals surface area contributed by atoms with Gasteiger partial charge in [0, 0.05) is 188 Å². The van der Waals surface area contributed by atoms with Gasteiger partial charge in [0.2, 0.25) is 0 Å². The van der Waals surface area contributed by atoms with Crippen molar-refractivity contribution in [2.24, 2.45) is 5.92 Å². The third-order valence-corrected chi connectivity index (χ3v) is 20.9. The predicted molar refractivity (Wildman–Crippen MR) is 436 cm³/mol. The fourth-order valence-electron chi connectivity index (χ4n) is 13.8. The molecule has 690 valence electrons. The molecular formula is C88H116F18N12O6. The SMILES string of the molecule is CC(C)N(C(=O)N(C)Cc1cc(F)cc(F)c1F)C(C)C.CC(C)N(C)C(=O)N(C)Cc1cc(F)cc(F)c1F.CC1CCCCN1C(=O)N(C)Cc1cc(F)cc(F)c1F.CC1CCCN(C(=O)N(C)Cc2cc(F)cc(F)c2F)C1.CCC1CCCCN1C(=O)N(C)Cc1cc(F)cc(F)c1F.CCN(Cc1cc(F)cc(F)c1F)C(=O)N(C)C(C)C. The van der Waals surface area contributed by atoms with Crippen LogP contribution in [0.25, 0.3) is 0 Å². The monoisotopic (exact) mass is 1780 g/mol. The molecule has 12 amide bonds. The Morgan fingerprint density at radius 1 is 0.339 bits per heavy atom. The highest BCUT2D eigenvalue weighted by Gasteiger charge is 2.33. The molecule has 0 saturated carbocycles. The van der Waals surface area contributed by atoms with Gasteiger partial charge in [-0.15, -0.1) is 0 Å². The lowest BCUT2D eigenvalue weighted by Crippen LogP contribution is -2.48. The normalized spacial score (nSPS) is 14.9. The van der Waals surface area contributed by atoms with E-state index in [1.807, 2.05) is 69.2 Å². The minimum Gasteiger partial charge on any atom is -0.325 e. The van der Waals surface area contributed by atoms with Crippen molar-refractivity contribution in [3.05, 3.63) is 211 Å². The fourth-order valence-corrected chi connectivity index (χ4v) is 13.8. The lowest BCUT2D eigenvalue weighted by atomic mass is 10.0. The first kappa shape index (κ1) is 106. The number of benzene rings is 6. The zero-order chi connectivity index (χ0) is 93.9. The van der Waals surface area contributed by atoms with Crippen LogP contribution in [0.15, 0.2) is 72.8 Å². The Bertz CT molecular complexity index is 4550. The van der Waals surface area contributed by atoms with Crippen LogP contribution in [0.5, 0.6) is 0 Å². The van der Waals surface area contributed by atoms with E-state index in [1.165, 1.54) is 74.4 Å². The van der Waals surface area contributed by atoms with Gasteiger partial charge in [-0.2, -0.15) is 0 Å². The van der Waals surface area contributed by atoms with Gasteiger partial charge in [-0.25, -0.2) is 108 Å².